The van der Waals surface area contributed by atoms with E-state index >= 15 is 0 Å². The standard InChI is InChI=1S/C17H13N3O3/c1-12(21)19-16-6-2-13(3-7-16)10-15(11-18)14-4-8-17(9-5-14)20(22)23/h2-10H,1H3,(H,19,21)/b15-10+. The van der Waals surface area contributed by atoms with Gasteiger partial charge in [0.15, 0.2) is 0 Å². The Labute approximate surface area is 132 Å². The van der Waals surface area contributed by atoms with Crippen LogP contribution in [0, 0.1) is 21.4 Å². The topological polar surface area (TPSA) is 96.0 Å². The molecule has 23 heavy (non-hydrogen) atoms. The molecule has 0 saturated carbocycles. The second-order valence-corrected chi connectivity index (χ2v) is 4.78. The third-order valence-electron chi connectivity index (χ3n) is 3.05. The van der Waals surface area contributed by atoms with Crippen molar-refractivity contribution in [3.05, 3.63) is 69.8 Å². The van der Waals surface area contributed by atoms with Crippen molar-refractivity contribution >= 4 is 28.9 Å². The maximum absolute atomic E-state index is 11.0. The molecule has 0 aliphatic carbocycles. The monoisotopic (exact) mass is 307 g/mol. The SMILES string of the molecule is CC(=O)Nc1ccc(/C=C(\C#N)c2ccc([N+](=O)[O-])cc2)cc1. The second kappa shape index (κ2) is 7.00. The lowest BCUT2D eigenvalue weighted by atomic mass is 10.0. The first-order valence-corrected chi connectivity index (χ1v) is 6.74. The van der Waals surface area contributed by atoms with E-state index < -0.39 is 4.92 Å². The normalized spacial score (nSPS) is 10.7. The molecule has 2 aromatic carbocycles. The summed E-state index contributed by atoms with van der Waals surface area (Å²) in [5.41, 5.74) is 2.43. The molecule has 2 rings (SSSR count). The number of nitrogens with one attached hydrogen (secondary N) is 1. The molecule has 114 valence electrons. The average Bonchev–Trinajstić information content (AvgIpc) is 2.53. The number of nitriles is 1. The first-order chi connectivity index (χ1) is 11.0. The molecule has 1 amide bonds. The van der Waals surface area contributed by atoms with Crippen LogP contribution >= 0.6 is 0 Å². The first kappa shape index (κ1) is 15.9. The summed E-state index contributed by atoms with van der Waals surface area (Å²) in [6.45, 7) is 1.43. The van der Waals surface area contributed by atoms with Gasteiger partial charge in [-0.15, -0.1) is 0 Å². The van der Waals surface area contributed by atoms with Crippen LogP contribution in [0.4, 0.5) is 11.4 Å². The Hall–Kier alpha value is -3.46. The number of benzene rings is 2. The maximum atomic E-state index is 11.0. The van der Waals surface area contributed by atoms with Gasteiger partial charge in [-0.1, -0.05) is 12.1 Å². The molecular formula is C17H13N3O3. The molecule has 0 atom stereocenters. The zero-order chi connectivity index (χ0) is 16.8. The predicted molar refractivity (Wildman–Crippen MR) is 87.3 cm³/mol. The molecule has 6 heteroatoms. The summed E-state index contributed by atoms with van der Waals surface area (Å²) in [6.07, 6.45) is 1.68. The molecule has 0 bridgehead atoms. The molecule has 0 fully saturated rings. The third-order valence-corrected chi connectivity index (χ3v) is 3.05. The van der Waals surface area contributed by atoms with E-state index in [9.17, 15) is 20.2 Å². The van der Waals surface area contributed by atoms with Gasteiger partial charge >= 0.3 is 0 Å². The van der Waals surface area contributed by atoms with Crippen LogP contribution in [0.3, 0.4) is 0 Å². The summed E-state index contributed by atoms with van der Waals surface area (Å²) in [4.78, 5) is 21.1. The van der Waals surface area contributed by atoms with E-state index in [1.54, 1.807) is 42.5 Å². The summed E-state index contributed by atoms with van der Waals surface area (Å²) >= 11 is 0. The summed E-state index contributed by atoms with van der Waals surface area (Å²) in [6, 6.07) is 14.9. The van der Waals surface area contributed by atoms with Gasteiger partial charge in [0.25, 0.3) is 5.69 Å². The summed E-state index contributed by atoms with van der Waals surface area (Å²) in [5, 5.41) is 22.6. The van der Waals surface area contributed by atoms with Gasteiger partial charge in [-0.05, 0) is 41.5 Å². The van der Waals surface area contributed by atoms with Gasteiger partial charge in [0.1, 0.15) is 0 Å². The minimum Gasteiger partial charge on any atom is -0.326 e. The van der Waals surface area contributed by atoms with Crippen molar-refractivity contribution in [1.82, 2.24) is 0 Å². The van der Waals surface area contributed by atoms with Crippen LogP contribution in [0.15, 0.2) is 48.5 Å². The van der Waals surface area contributed by atoms with Crippen LogP contribution in [0.5, 0.6) is 0 Å². The Balaban J connectivity index is 2.26. The average molecular weight is 307 g/mol. The third kappa shape index (κ3) is 4.25. The van der Waals surface area contributed by atoms with Gasteiger partial charge in [-0.25, -0.2) is 0 Å². The number of carbonyl (C=O) groups excluding carboxylic acids is 1. The lowest BCUT2D eigenvalue weighted by Gasteiger charge is -2.03. The molecule has 0 heterocycles. The Morgan fingerprint density at radius 1 is 1.17 bits per heavy atom. The number of anilines is 1. The Kier molecular flexibility index (Phi) is 4.85. The molecule has 0 aromatic heterocycles. The summed E-state index contributed by atoms with van der Waals surface area (Å²) < 4.78 is 0. The fraction of sp³-hybridized carbons (Fsp3) is 0.0588. The van der Waals surface area contributed by atoms with E-state index in [4.69, 9.17) is 0 Å². The predicted octanol–water partition coefficient (Wildman–Crippen LogP) is 3.62. The highest BCUT2D eigenvalue weighted by Crippen LogP contribution is 2.21. The van der Waals surface area contributed by atoms with E-state index in [-0.39, 0.29) is 11.6 Å². The van der Waals surface area contributed by atoms with Crippen molar-refractivity contribution < 1.29 is 9.72 Å². The number of hydrogen-bond donors (Lipinski definition) is 1. The number of rotatable bonds is 4. The first-order valence-electron chi connectivity index (χ1n) is 6.74. The lowest BCUT2D eigenvalue weighted by Crippen LogP contribution is -2.05. The van der Waals surface area contributed by atoms with Gasteiger partial charge < -0.3 is 5.32 Å². The Morgan fingerprint density at radius 2 is 1.78 bits per heavy atom. The van der Waals surface area contributed by atoms with Gasteiger partial charge in [0.05, 0.1) is 16.6 Å². The van der Waals surface area contributed by atoms with Crippen molar-refractivity contribution in [2.24, 2.45) is 0 Å². The highest BCUT2D eigenvalue weighted by Gasteiger charge is 2.07. The maximum Gasteiger partial charge on any atom is 0.269 e. The number of amides is 1. The fourth-order valence-electron chi connectivity index (χ4n) is 1.98. The van der Waals surface area contributed by atoms with Gasteiger partial charge in [0, 0.05) is 24.7 Å². The Morgan fingerprint density at radius 3 is 2.26 bits per heavy atom. The zero-order valence-electron chi connectivity index (χ0n) is 12.3. The van der Waals surface area contributed by atoms with Crippen molar-refractivity contribution in [1.29, 1.82) is 5.26 Å². The number of hydrogen-bond acceptors (Lipinski definition) is 4. The van der Waals surface area contributed by atoms with Crippen LogP contribution in [-0.4, -0.2) is 10.8 Å². The van der Waals surface area contributed by atoms with E-state index in [0.29, 0.717) is 16.8 Å². The van der Waals surface area contributed by atoms with Crippen LogP contribution in [0.1, 0.15) is 18.1 Å². The molecule has 1 N–H and O–H groups in total. The highest BCUT2D eigenvalue weighted by atomic mass is 16.6. The molecular weight excluding hydrogens is 294 g/mol. The van der Waals surface area contributed by atoms with Gasteiger partial charge in [0.2, 0.25) is 5.91 Å². The molecule has 0 spiro atoms. The van der Waals surface area contributed by atoms with Gasteiger partial charge in [-0.2, -0.15) is 5.26 Å². The van der Waals surface area contributed by atoms with Crippen LogP contribution in [0.25, 0.3) is 11.6 Å². The minimum atomic E-state index is -0.486. The number of nitro groups is 1. The molecule has 6 nitrogen and oxygen atoms in total. The molecule has 0 aliphatic rings. The van der Waals surface area contributed by atoms with E-state index in [0.717, 1.165) is 5.56 Å². The van der Waals surface area contributed by atoms with Crippen LogP contribution in [-0.2, 0) is 4.79 Å². The minimum absolute atomic E-state index is 0.0225. The van der Waals surface area contributed by atoms with Crippen molar-refractivity contribution in [2.75, 3.05) is 5.32 Å². The molecule has 2 aromatic rings. The molecule has 0 saturated heterocycles. The summed E-state index contributed by atoms with van der Waals surface area (Å²) in [5.74, 6) is -0.156. The number of nitro benzene ring substituents is 1. The number of allylic oxidation sites excluding steroid dienone is 1. The van der Waals surface area contributed by atoms with Crippen molar-refractivity contribution in [3.63, 3.8) is 0 Å². The number of nitrogens with zero attached hydrogens (tertiary/aromatic N) is 2. The van der Waals surface area contributed by atoms with Crippen molar-refractivity contribution in [2.45, 2.75) is 6.92 Å². The fourth-order valence-corrected chi connectivity index (χ4v) is 1.98. The number of non-ortho nitro benzene ring substituents is 1. The Bertz CT molecular complexity index is 800. The zero-order valence-corrected chi connectivity index (χ0v) is 12.3. The molecule has 0 aliphatic heterocycles. The molecule has 0 unspecified atom stereocenters. The quantitative estimate of drug-likeness (QED) is 0.404. The highest BCUT2D eigenvalue weighted by molar-refractivity contribution is 5.91. The lowest BCUT2D eigenvalue weighted by molar-refractivity contribution is -0.384. The van der Waals surface area contributed by atoms with Crippen LogP contribution < -0.4 is 5.32 Å². The second-order valence-electron chi connectivity index (χ2n) is 4.78. The largest absolute Gasteiger partial charge is 0.326 e. The van der Waals surface area contributed by atoms with Gasteiger partial charge in [-0.3, -0.25) is 14.9 Å². The smallest absolute Gasteiger partial charge is 0.269 e. The van der Waals surface area contributed by atoms with Crippen LogP contribution in [0.2, 0.25) is 0 Å². The van der Waals surface area contributed by atoms with E-state index in [1.165, 1.54) is 19.1 Å². The van der Waals surface area contributed by atoms with E-state index in [1.807, 2.05) is 0 Å². The van der Waals surface area contributed by atoms with Crippen molar-refractivity contribution in [3.8, 4) is 6.07 Å². The van der Waals surface area contributed by atoms with E-state index in [2.05, 4.69) is 11.4 Å². The molecule has 0 radical (unpaired) electrons. The number of carbonyl (C=O) groups is 1. The summed E-state index contributed by atoms with van der Waals surface area (Å²) in [7, 11) is 0.